The highest BCUT2D eigenvalue weighted by Gasteiger charge is 2.33. The van der Waals surface area contributed by atoms with E-state index in [0.717, 1.165) is 0 Å². The van der Waals surface area contributed by atoms with Crippen molar-refractivity contribution in [3.05, 3.63) is 80.6 Å². The second-order valence-corrected chi connectivity index (χ2v) is 6.19. The number of carbonyl (C=O) groups is 2. The Kier molecular flexibility index (Phi) is 3.77. The molecule has 2 heterocycles. The molecular formula is C20H15N3O4. The fourth-order valence-corrected chi connectivity index (χ4v) is 3.17. The zero-order valence-electron chi connectivity index (χ0n) is 14.3. The lowest BCUT2D eigenvalue weighted by Crippen LogP contribution is -2.44. The van der Waals surface area contributed by atoms with Crippen molar-refractivity contribution in [2.45, 2.75) is 0 Å². The number of carbonyl (C=O) groups excluding carboxylic acids is 2. The van der Waals surface area contributed by atoms with Crippen molar-refractivity contribution in [3.8, 4) is 5.75 Å². The molecule has 1 amide bonds. The Morgan fingerprint density at radius 1 is 1.00 bits per heavy atom. The van der Waals surface area contributed by atoms with E-state index in [4.69, 9.17) is 0 Å². The molecule has 3 aromatic rings. The number of phenols is 1. The van der Waals surface area contributed by atoms with Gasteiger partial charge in [0.2, 0.25) is 5.78 Å². The highest BCUT2D eigenvalue weighted by atomic mass is 16.3. The predicted octanol–water partition coefficient (Wildman–Crippen LogP) is 0.247. The molecule has 0 spiro atoms. The average molecular weight is 361 g/mol. The molecule has 0 saturated heterocycles. The predicted molar refractivity (Wildman–Crippen MR) is 99.9 cm³/mol. The van der Waals surface area contributed by atoms with E-state index in [2.05, 4.69) is 10.2 Å². The van der Waals surface area contributed by atoms with Crippen LogP contribution < -0.4 is 21.0 Å². The summed E-state index contributed by atoms with van der Waals surface area (Å²) in [6.07, 6.45) is 1.51. The standard InChI is InChI=1S/C20H15N3O4/c1-23-15-8-3-2-7-13(15)18(25)16(20(23)27)17-14(19(26)22-21-17)10-11-5-4-6-12(24)9-11/h2-10,21,24H,1H3,(H,22,26)/b14-10-,17-16?. The third kappa shape index (κ3) is 2.65. The average Bonchev–Trinajstić information content (AvgIpc) is 3.01. The molecule has 134 valence electrons. The second kappa shape index (κ2) is 6.14. The quantitative estimate of drug-likeness (QED) is 0.577. The molecule has 1 aliphatic heterocycles. The first kappa shape index (κ1) is 16.6. The number of para-hydroxylation sites is 1. The number of H-pyrrole nitrogens is 2. The van der Waals surface area contributed by atoms with Crippen molar-refractivity contribution in [3.63, 3.8) is 0 Å². The molecule has 1 aromatic heterocycles. The summed E-state index contributed by atoms with van der Waals surface area (Å²) in [5.74, 6) is -0.905. The van der Waals surface area contributed by atoms with Crippen LogP contribution in [0.1, 0.15) is 15.9 Å². The Labute approximate surface area is 152 Å². The molecule has 7 nitrogen and oxygen atoms in total. The molecule has 0 bridgehead atoms. The van der Waals surface area contributed by atoms with E-state index in [1.54, 1.807) is 43.4 Å². The molecule has 2 aromatic carbocycles. The normalized spacial score (nSPS) is 16.6. The van der Waals surface area contributed by atoms with Gasteiger partial charge in [0.1, 0.15) is 11.3 Å². The molecule has 0 aliphatic carbocycles. The summed E-state index contributed by atoms with van der Waals surface area (Å²) in [6, 6.07) is 13.1. The van der Waals surface area contributed by atoms with E-state index in [9.17, 15) is 19.5 Å². The fraction of sp³-hybridized carbons (Fsp3) is 0.0500. The number of fused-ring (bicyclic) bond motifs is 1. The Morgan fingerprint density at radius 3 is 2.56 bits per heavy atom. The van der Waals surface area contributed by atoms with Gasteiger partial charge in [-0.15, -0.1) is 0 Å². The molecule has 0 atom stereocenters. The maximum atomic E-state index is 13.0. The monoisotopic (exact) mass is 361 g/mol. The van der Waals surface area contributed by atoms with Crippen molar-refractivity contribution in [1.82, 2.24) is 10.2 Å². The number of benzene rings is 2. The number of aromatic nitrogens is 2. The van der Waals surface area contributed by atoms with Crippen LogP contribution in [0.4, 0.5) is 5.69 Å². The van der Waals surface area contributed by atoms with Crippen molar-refractivity contribution in [2.75, 3.05) is 11.9 Å². The fourth-order valence-electron chi connectivity index (χ4n) is 3.17. The van der Waals surface area contributed by atoms with Crippen LogP contribution in [0.25, 0.3) is 11.6 Å². The maximum absolute atomic E-state index is 13.0. The molecule has 1 aliphatic rings. The number of nitrogens with zero attached hydrogens (tertiary/aromatic N) is 1. The van der Waals surface area contributed by atoms with Crippen molar-refractivity contribution in [1.29, 1.82) is 0 Å². The molecular weight excluding hydrogens is 346 g/mol. The first-order valence-electron chi connectivity index (χ1n) is 8.21. The number of phenolic OH excluding ortho intramolecular Hbond substituents is 1. The van der Waals surface area contributed by atoms with Gasteiger partial charge in [-0.3, -0.25) is 24.6 Å². The zero-order valence-corrected chi connectivity index (χ0v) is 14.3. The minimum atomic E-state index is -0.500. The summed E-state index contributed by atoms with van der Waals surface area (Å²) in [4.78, 5) is 39.5. The first-order valence-corrected chi connectivity index (χ1v) is 8.21. The van der Waals surface area contributed by atoms with Gasteiger partial charge in [-0.2, -0.15) is 0 Å². The van der Waals surface area contributed by atoms with E-state index in [1.807, 2.05) is 0 Å². The first-order chi connectivity index (χ1) is 13.0. The van der Waals surface area contributed by atoms with E-state index >= 15 is 0 Å². The molecule has 3 N–H and O–H groups in total. The van der Waals surface area contributed by atoms with Gasteiger partial charge < -0.3 is 10.0 Å². The molecule has 0 unspecified atom stereocenters. The van der Waals surface area contributed by atoms with Crippen LogP contribution >= 0.6 is 0 Å². The lowest BCUT2D eigenvalue weighted by atomic mass is 9.95. The van der Waals surface area contributed by atoms with Gasteiger partial charge in [0.25, 0.3) is 11.5 Å². The van der Waals surface area contributed by atoms with Crippen LogP contribution in [-0.2, 0) is 4.79 Å². The number of aromatic amines is 2. The summed E-state index contributed by atoms with van der Waals surface area (Å²) in [7, 11) is 1.58. The second-order valence-electron chi connectivity index (χ2n) is 6.19. The number of ketones is 1. The Balaban J connectivity index is 2.05. The lowest BCUT2D eigenvalue weighted by Gasteiger charge is -2.25. The van der Waals surface area contributed by atoms with Crippen molar-refractivity contribution < 1.29 is 14.7 Å². The van der Waals surface area contributed by atoms with Crippen LogP contribution in [0.5, 0.6) is 5.75 Å². The maximum Gasteiger partial charge on any atom is 0.271 e. The Morgan fingerprint density at radius 2 is 1.78 bits per heavy atom. The van der Waals surface area contributed by atoms with Gasteiger partial charge in [0.15, 0.2) is 0 Å². The molecule has 0 saturated carbocycles. The highest BCUT2D eigenvalue weighted by molar-refractivity contribution is 6.51. The van der Waals surface area contributed by atoms with E-state index < -0.39 is 17.2 Å². The molecule has 27 heavy (non-hydrogen) atoms. The minimum absolute atomic E-state index is 0.0448. The van der Waals surface area contributed by atoms with Gasteiger partial charge in [0.05, 0.1) is 16.3 Å². The van der Waals surface area contributed by atoms with Gasteiger partial charge in [-0.05, 0) is 35.9 Å². The number of amides is 1. The summed E-state index contributed by atoms with van der Waals surface area (Å²) < 4.78 is 0. The number of aromatic hydroxyl groups is 1. The Hall–Kier alpha value is -3.87. The number of Topliss-reactive ketones (excluding diaryl/α,β-unsaturated/α-hetero) is 1. The molecule has 0 radical (unpaired) electrons. The van der Waals surface area contributed by atoms with E-state index in [0.29, 0.717) is 16.8 Å². The highest BCUT2D eigenvalue weighted by Crippen LogP contribution is 2.28. The van der Waals surface area contributed by atoms with Crippen LogP contribution in [0.2, 0.25) is 0 Å². The number of nitrogens with one attached hydrogen (secondary N) is 2. The molecule has 0 fully saturated rings. The Bertz CT molecular complexity index is 1270. The van der Waals surface area contributed by atoms with Crippen molar-refractivity contribution in [2.24, 2.45) is 0 Å². The van der Waals surface area contributed by atoms with Crippen LogP contribution in [0.3, 0.4) is 0 Å². The summed E-state index contributed by atoms with van der Waals surface area (Å²) >= 11 is 0. The largest absolute Gasteiger partial charge is 0.508 e. The lowest BCUT2D eigenvalue weighted by molar-refractivity contribution is -0.113. The van der Waals surface area contributed by atoms with Gasteiger partial charge in [-0.1, -0.05) is 24.3 Å². The number of hydrogen-bond acceptors (Lipinski definition) is 4. The number of hydrogen-bond donors (Lipinski definition) is 3. The van der Waals surface area contributed by atoms with Gasteiger partial charge in [-0.25, -0.2) is 0 Å². The zero-order chi connectivity index (χ0) is 19.1. The SMILES string of the molecule is CN1C(=O)C(=c2[nH][nH]c(=O)/c2=C\c2cccc(O)c2)C(=O)c2ccccc21. The van der Waals surface area contributed by atoms with Crippen LogP contribution in [-0.4, -0.2) is 34.0 Å². The van der Waals surface area contributed by atoms with Crippen molar-refractivity contribution >= 4 is 29.0 Å². The van der Waals surface area contributed by atoms with E-state index in [1.165, 1.54) is 23.1 Å². The summed E-state index contributed by atoms with van der Waals surface area (Å²) in [5, 5.41) is 15.0. The smallest absolute Gasteiger partial charge is 0.271 e. The number of anilines is 1. The van der Waals surface area contributed by atoms with Crippen LogP contribution in [0, 0.1) is 0 Å². The van der Waals surface area contributed by atoms with Gasteiger partial charge >= 0.3 is 0 Å². The molecule has 4 rings (SSSR count). The minimum Gasteiger partial charge on any atom is -0.508 e. The van der Waals surface area contributed by atoms with E-state index in [-0.39, 0.29) is 21.9 Å². The third-order valence-corrected chi connectivity index (χ3v) is 4.50. The van der Waals surface area contributed by atoms with Crippen LogP contribution in [0.15, 0.2) is 53.3 Å². The number of rotatable bonds is 1. The van der Waals surface area contributed by atoms with Gasteiger partial charge in [0, 0.05) is 12.6 Å². The summed E-state index contributed by atoms with van der Waals surface area (Å²) in [5.41, 5.74) is 0.892. The summed E-state index contributed by atoms with van der Waals surface area (Å²) in [6.45, 7) is 0. The third-order valence-electron chi connectivity index (χ3n) is 4.50. The topological polar surface area (TPSA) is 106 Å². The molecule has 7 heteroatoms.